The molecule has 2 aromatic heterocycles. The van der Waals surface area contributed by atoms with E-state index < -0.39 is 0 Å². The number of aromatic nitrogens is 4. The van der Waals surface area contributed by atoms with Crippen molar-refractivity contribution >= 4 is 10.9 Å². The lowest BCUT2D eigenvalue weighted by atomic mass is 10.1. The zero-order chi connectivity index (χ0) is 16.0. The average molecular weight is 309 g/mol. The number of hydrogen-bond acceptors (Lipinski definition) is 4. The first-order valence-corrected chi connectivity index (χ1v) is 7.85. The Hall–Kier alpha value is -2.47. The van der Waals surface area contributed by atoms with Crippen LogP contribution in [0.25, 0.3) is 10.9 Å². The van der Waals surface area contributed by atoms with E-state index in [1.54, 1.807) is 6.07 Å². The second-order valence-electron chi connectivity index (χ2n) is 6.25. The first kappa shape index (κ1) is 14.1. The molecule has 1 aliphatic rings. The van der Waals surface area contributed by atoms with Gasteiger partial charge in [-0.2, -0.15) is 5.10 Å². The summed E-state index contributed by atoms with van der Waals surface area (Å²) >= 11 is 0. The van der Waals surface area contributed by atoms with Crippen LogP contribution < -0.4 is 5.56 Å². The monoisotopic (exact) mass is 309 g/mol. The van der Waals surface area contributed by atoms with Crippen LogP contribution in [0.15, 0.2) is 41.5 Å². The largest absolute Gasteiger partial charge is 0.309 e. The number of hydrogen-bond donors (Lipinski definition) is 1. The van der Waals surface area contributed by atoms with Crippen LogP contribution in [0.5, 0.6) is 0 Å². The molecule has 0 amide bonds. The van der Waals surface area contributed by atoms with E-state index in [9.17, 15) is 4.79 Å². The molecule has 1 N–H and O–H groups in total. The summed E-state index contributed by atoms with van der Waals surface area (Å²) in [6.45, 7) is 5.96. The standard InChI is InChI=1S/C17H19N5O/c1-11-7-18-22(8-11)13-9-21(10-13)12(2)16-19-15-6-4-3-5-14(15)17(23)20-16/h3-8,12-13H,9-10H2,1-2H3,(H,19,20,23). The number of rotatable bonds is 3. The van der Waals surface area contributed by atoms with Crippen molar-refractivity contribution in [3.63, 3.8) is 0 Å². The van der Waals surface area contributed by atoms with Gasteiger partial charge < -0.3 is 4.98 Å². The summed E-state index contributed by atoms with van der Waals surface area (Å²) in [5.41, 5.74) is 1.85. The van der Waals surface area contributed by atoms with Crippen LogP contribution in [0, 0.1) is 6.92 Å². The number of nitrogens with one attached hydrogen (secondary N) is 1. The van der Waals surface area contributed by atoms with Gasteiger partial charge in [-0.05, 0) is 31.5 Å². The quantitative estimate of drug-likeness (QED) is 0.804. The first-order chi connectivity index (χ1) is 11.1. The minimum atomic E-state index is -0.0720. The van der Waals surface area contributed by atoms with E-state index in [0.717, 1.165) is 24.4 Å². The van der Waals surface area contributed by atoms with Crippen molar-refractivity contribution in [1.29, 1.82) is 0 Å². The number of benzene rings is 1. The Balaban J connectivity index is 1.54. The maximum absolute atomic E-state index is 12.2. The second-order valence-corrected chi connectivity index (χ2v) is 6.25. The maximum atomic E-state index is 12.2. The number of nitrogens with zero attached hydrogens (tertiary/aromatic N) is 4. The van der Waals surface area contributed by atoms with Crippen LogP contribution in [0.1, 0.15) is 30.4 Å². The maximum Gasteiger partial charge on any atom is 0.258 e. The molecule has 0 spiro atoms. The van der Waals surface area contributed by atoms with Gasteiger partial charge in [0, 0.05) is 19.3 Å². The van der Waals surface area contributed by atoms with Gasteiger partial charge in [-0.15, -0.1) is 0 Å². The molecule has 0 saturated carbocycles. The van der Waals surface area contributed by atoms with Crippen molar-refractivity contribution in [2.24, 2.45) is 0 Å². The fraction of sp³-hybridized carbons (Fsp3) is 0.353. The Bertz CT molecular complexity index is 906. The van der Waals surface area contributed by atoms with Gasteiger partial charge in [0.2, 0.25) is 0 Å². The average Bonchev–Trinajstić information content (AvgIpc) is 2.92. The molecule has 1 aromatic carbocycles. The Morgan fingerprint density at radius 1 is 1.30 bits per heavy atom. The Morgan fingerprint density at radius 3 is 2.83 bits per heavy atom. The fourth-order valence-electron chi connectivity index (χ4n) is 3.08. The summed E-state index contributed by atoms with van der Waals surface area (Å²) in [4.78, 5) is 22.0. The zero-order valence-corrected chi connectivity index (χ0v) is 13.2. The lowest BCUT2D eigenvalue weighted by molar-refractivity contribution is 0.0561. The van der Waals surface area contributed by atoms with Gasteiger partial charge in [-0.3, -0.25) is 14.4 Å². The van der Waals surface area contributed by atoms with E-state index in [0.29, 0.717) is 11.4 Å². The summed E-state index contributed by atoms with van der Waals surface area (Å²) in [6.07, 6.45) is 3.96. The normalized spacial score (nSPS) is 17.3. The zero-order valence-electron chi connectivity index (χ0n) is 13.2. The lowest BCUT2D eigenvalue weighted by Gasteiger charge is -2.42. The summed E-state index contributed by atoms with van der Waals surface area (Å²) in [7, 11) is 0. The Labute approximate surface area is 133 Å². The van der Waals surface area contributed by atoms with Gasteiger partial charge in [-0.25, -0.2) is 4.98 Å². The Kier molecular flexibility index (Phi) is 3.27. The van der Waals surface area contributed by atoms with E-state index >= 15 is 0 Å². The number of para-hydroxylation sites is 1. The minimum absolute atomic E-state index is 0.0720. The molecule has 6 heteroatoms. The third kappa shape index (κ3) is 2.45. The molecule has 0 aliphatic carbocycles. The molecular formula is C17H19N5O. The van der Waals surface area contributed by atoms with Crippen molar-refractivity contribution in [1.82, 2.24) is 24.6 Å². The number of fused-ring (bicyclic) bond motifs is 1. The molecule has 1 aliphatic heterocycles. The molecule has 1 atom stereocenters. The SMILES string of the molecule is Cc1cnn(C2CN(C(C)c3nc4ccccc4c(=O)[nH]3)C2)c1. The topological polar surface area (TPSA) is 66.8 Å². The summed E-state index contributed by atoms with van der Waals surface area (Å²) < 4.78 is 2.02. The molecular weight excluding hydrogens is 290 g/mol. The predicted molar refractivity (Wildman–Crippen MR) is 88.4 cm³/mol. The molecule has 3 heterocycles. The van der Waals surface area contributed by atoms with Crippen LogP contribution in [-0.4, -0.2) is 37.7 Å². The molecule has 1 saturated heterocycles. The molecule has 4 rings (SSSR count). The molecule has 6 nitrogen and oxygen atoms in total. The third-order valence-electron chi connectivity index (χ3n) is 4.57. The number of H-pyrrole nitrogens is 1. The van der Waals surface area contributed by atoms with Crippen LogP contribution in [-0.2, 0) is 0 Å². The van der Waals surface area contributed by atoms with Crippen molar-refractivity contribution in [2.45, 2.75) is 25.9 Å². The van der Waals surface area contributed by atoms with Crippen molar-refractivity contribution in [3.05, 3.63) is 58.4 Å². The molecule has 0 radical (unpaired) electrons. The van der Waals surface area contributed by atoms with Crippen molar-refractivity contribution < 1.29 is 0 Å². The van der Waals surface area contributed by atoms with E-state index in [1.165, 1.54) is 5.56 Å². The smallest absolute Gasteiger partial charge is 0.258 e. The summed E-state index contributed by atoms with van der Waals surface area (Å²) in [5, 5.41) is 5.01. The highest BCUT2D eigenvalue weighted by molar-refractivity contribution is 5.77. The van der Waals surface area contributed by atoms with Gasteiger partial charge in [0.1, 0.15) is 5.82 Å². The number of aromatic amines is 1. The summed E-state index contributed by atoms with van der Waals surface area (Å²) in [6, 6.07) is 7.93. The van der Waals surface area contributed by atoms with Crippen molar-refractivity contribution in [3.8, 4) is 0 Å². The Morgan fingerprint density at radius 2 is 2.09 bits per heavy atom. The number of likely N-dealkylation sites (tertiary alicyclic amines) is 1. The molecule has 0 bridgehead atoms. The third-order valence-corrected chi connectivity index (χ3v) is 4.57. The van der Waals surface area contributed by atoms with E-state index in [2.05, 4.69) is 33.1 Å². The molecule has 1 unspecified atom stereocenters. The van der Waals surface area contributed by atoms with Crippen LogP contribution in [0.2, 0.25) is 0 Å². The minimum Gasteiger partial charge on any atom is -0.309 e. The van der Waals surface area contributed by atoms with Gasteiger partial charge >= 0.3 is 0 Å². The second kappa shape index (κ2) is 5.31. The van der Waals surface area contributed by atoms with Gasteiger partial charge in [0.05, 0.1) is 29.2 Å². The highest BCUT2D eigenvalue weighted by Crippen LogP contribution is 2.29. The first-order valence-electron chi connectivity index (χ1n) is 7.85. The number of aryl methyl sites for hydroxylation is 1. The van der Waals surface area contributed by atoms with E-state index in [4.69, 9.17) is 0 Å². The lowest BCUT2D eigenvalue weighted by Crippen LogP contribution is -2.49. The van der Waals surface area contributed by atoms with E-state index in [-0.39, 0.29) is 11.6 Å². The van der Waals surface area contributed by atoms with Crippen LogP contribution in [0.4, 0.5) is 0 Å². The highest BCUT2D eigenvalue weighted by atomic mass is 16.1. The molecule has 118 valence electrons. The highest BCUT2D eigenvalue weighted by Gasteiger charge is 2.33. The van der Waals surface area contributed by atoms with Gasteiger partial charge in [0.15, 0.2) is 0 Å². The van der Waals surface area contributed by atoms with Gasteiger partial charge in [-0.1, -0.05) is 12.1 Å². The van der Waals surface area contributed by atoms with Crippen LogP contribution in [0.3, 0.4) is 0 Å². The molecule has 3 aromatic rings. The molecule has 1 fully saturated rings. The predicted octanol–water partition coefficient (Wildman–Crippen LogP) is 2.05. The van der Waals surface area contributed by atoms with E-state index in [1.807, 2.05) is 36.0 Å². The fourth-order valence-corrected chi connectivity index (χ4v) is 3.08. The molecule has 23 heavy (non-hydrogen) atoms. The van der Waals surface area contributed by atoms with Crippen LogP contribution >= 0.6 is 0 Å². The van der Waals surface area contributed by atoms with Crippen molar-refractivity contribution in [2.75, 3.05) is 13.1 Å². The van der Waals surface area contributed by atoms with Gasteiger partial charge in [0.25, 0.3) is 5.56 Å². The summed E-state index contributed by atoms with van der Waals surface area (Å²) in [5.74, 6) is 0.726.